The molecule has 19 heavy (non-hydrogen) atoms. The van der Waals surface area contributed by atoms with Gasteiger partial charge in [-0.25, -0.2) is 4.68 Å². The molecule has 0 aromatic carbocycles. The molecule has 0 fully saturated rings. The van der Waals surface area contributed by atoms with Gasteiger partial charge in [0.05, 0.1) is 18.8 Å². The molecule has 106 valence electrons. The minimum absolute atomic E-state index is 0.186. The molecular formula is C10H17N5O3S. The smallest absolute Gasteiger partial charge is 0.325 e. The number of carboxylic acid groups (broad SMARTS) is 1. The molecule has 4 N–H and O–H groups in total. The number of thioether (sulfide) groups is 1. The average Bonchev–Trinajstić information content (AvgIpc) is 2.79. The minimum atomic E-state index is -1.00. The number of carbonyl (C=O) groups is 2. The zero-order valence-electron chi connectivity index (χ0n) is 10.6. The number of hydrogen-bond acceptors (Lipinski definition) is 6. The third-order valence-corrected chi connectivity index (χ3v) is 2.94. The molecule has 9 heteroatoms. The monoisotopic (exact) mass is 287 g/mol. The summed E-state index contributed by atoms with van der Waals surface area (Å²) in [5.41, 5.74) is 6.19. The highest BCUT2D eigenvalue weighted by Crippen LogP contribution is 1.99. The SMILES string of the molecule is CSCC[C@@H](N)C(=O)NCc1cn(CC(=O)O)nn1. The molecule has 0 aliphatic heterocycles. The van der Waals surface area contributed by atoms with Crippen LogP contribution >= 0.6 is 11.8 Å². The molecule has 1 rings (SSSR count). The lowest BCUT2D eigenvalue weighted by molar-refractivity contribution is -0.138. The summed E-state index contributed by atoms with van der Waals surface area (Å²) in [6, 6.07) is -0.540. The Morgan fingerprint density at radius 2 is 2.37 bits per heavy atom. The highest BCUT2D eigenvalue weighted by atomic mass is 32.2. The van der Waals surface area contributed by atoms with E-state index >= 15 is 0 Å². The summed E-state index contributed by atoms with van der Waals surface area (Å²) in [4.78, 5) is 22.1. The predicted molar refractivity (Wildman–Crippen MR) is 70.5 cm³/mol. The average molecular weight is 287 g/mol. The van der Waals surface area contributed by atoms with Crippen LogP contribution in [-0.4, -0.2) is 50.0 Å². The Bertz CT molecular complexity index is 437. The Labute approximate surface area is 114 Å². The maximum atomic E-state index is 11.6. The number of nitrogens with one attached hydrogen (secondary N) is 1. The van der Waals surface area contributed by atoms with Crippen molar-refractivity contribution in [2.45, 2.75) is 25.6 Å². The van der Waals surface area contributed by atoms with Crippen LogP contribution in [0.15, 0.2) is 6.20 Å². The van der Waals surface area contributed by atoms with Gasteiger partial charge in [-0.3, -0.25) is 9.59 Å². The van der Waals surface area contributed by atoms with Crippen molar-refractivity contribution >= 4 is 23.6 Å². The normalized spacial score (nSPS) is 12.1. The van der Waals surface area contributed by atoms with Gasteiger partial charge in [0, 0.05) is 0 Å². The van der Waals surface area contributed by atoms with E-state index in [0.29, 0.717) is 12.1 Å². The van der Waals surface area contributed by atoms with E-state index in [9.17, 15) is 9.59 Å². The molecular weight excluding hydrogens is 270 g/mol. The van der Waals surface area contributed by atoms with Crippen LogP contribution in [0, 0.1) is 0 Å². The first-order chi connectivity index (χ1) is 9.02. The molecule has 0 aliphatic carbocycles. The Morgan fingerprint density at radius 3 is 3.00 bits per heavy atom. The number of nitrogens with zero attached hydrogens (tertiary/aromatic N) is 3. The van der Waals surface area contributed by atoms with Crippen molar-refractivity contribution in [2.24, 2.45) is 5.73 Å². The largest absolute Gasteiger partial charge is 0.480 e. The van der Waals surface area contributed by atoms with E-state index in [1.165, 1.54) is 10.9 Å². The van der Waals surface area contributed by atoms with Gasteiger partial charge in [-0.15, -0.1) is 5.10 Å². The molecule has 8 nitrogen and oxygen atoms in total. The van der Waals surface area contributed by atoms with Gasteiger partial charge in [-0.2, -0.15) is 11.8 Å². The van der Waals surface area contributed by atoms with Gasteiger partial charge >= 0.3 is 5.97 Å². The molecule has 1 aromatic rings. The van der Waals surface area contributed by atoms with E-state index in [-0.39, 0.29) is 19.0 Å². The van der Waals surface area contributed by atoms with Crippen molar-refractivity contribution in [3.8, 4) is 0 Å². The second-order valence-electron chi connectivity index (χ2n) is 3.91. The van der Waals surface area contributed by atoms with E-state index < -0.39 is 12.0 Å². The first kappa shape index (κ1) is 15.4. The van der Waals surface area contributed by atoms with E-state index in [1.807, 2.05) is 6.26 Å². The van der Waals surface area contributed by atoms with Crippen molar-refractivity contribution in [2.75, 3.05) is 12.0 Å². The van der Waals surface area contributed by atoms with Crippen molar-refractivity contribution in [3.63, 3.8) is 0 Å². The van der Waals surface area contributed by atoms with Gasteiger partial charge in [-0.1, -0.05) is 5.21 Å². The number of carbonyl (C=O) groups excluding carboxylic acids is 1. The van der Waals surface area contributed by atoms with Crippen LogP contribution < -0.4 is 11.1 Å². The van der Waals surface area contributed by atoms with Crippen molar-refractivity contribution in [1.82, 2.24) is 20.3 Å². The zero-order valence-corrected chi connectivity index (χ0v) is 11.4. The zero-order chi connectivity index (χ0) is 14.3. The number of nitrogens with two attached hydrogens (primary N) is 1. The lowest BCUT2D eigenvalue weighted by Gasteiger charge is -2.10. The number of amides is 1. The van der Waals surface area contributed by atoms with Crippen LogP contribution in [0.25, 0.3) is 0 Å². The van der Waals surface area contributed by atoms with E-state index in [0.717, 1.165) is 5.75 Å². The molecule has 1 atom stereocenters. The highest BCUT2D eigenvalue weighted by molar-refractivity contribution is 7.98. The first-order valence-corrected chi connectivity index (χ1v) is 7.05. The third-order valence-electron chi connectivity index (χ3n) is 2.30. The number of aliphatic carboxylic acids is 1. The second-order valence-corrected chi connectivity index (χ2v) is 4.89. The van der Waals surface area contributed by atoms with Crippen LogP contribution in [0.5, 0.6) is 0 Å². The summed E-state index contributed by atoms with van der Waals surface area (Å²) in [6.45, 7) is -0.0698. The van der Waals surface area contributed by atoms with Crippen molar-refractivity contribution in [3.05, 3.63) is 11.9 Å². The Kier molecular flexibility index (Phi) is 6.30. The molecule has 0 unspecified atom stereocenters. The lowest BCUT2D eigenvalue weighted by atomic mass is 10.2. The van der Waals surface area contributed by atoms with Crippen LogP contribution in [-0.2, 0) is 22.7 Å². The first-order valence-electron chi connectivity index (χ1n) is 5.66. The molecule has 1 aromatic heterocycles. The van der Waals surface area contributed by atoms with Crippen LogP contribution in [0.1, 0.15) is 12.1 Å². The van der Waals surface area contributed by atoms with E-state index in [1.54, 1.807) is 11.8 Å². The summed E-state index contributed by atoms with van der Waals surface area (Å²) in [7, 11) is 0. The summed E-state index contributed by atoms with van der Waals surface area (Å²) in [6.07, 6.45) is 4.03. The van der Waals surface area contributed by atoms with Gasteiger partial charge in [0.1, 0.15) is 12.2 Å². The maximum Gasteiger partial charge on any atom is 0.325 e. The lowest BCUT2D eigenvalue weighted by Crippen LogP contribution is -2.40. The summed E-state index contributed by atoms with van der Waals surface area (Å²) in [5.74, 6) is -0.426. The van der Waals surface area contributed by atoms with Gasteiger partial charge in [0.25, 0.3) is 0 Å². The Balaban J connectivity index is 2.37. The standard InChI is InChI=1S/C10H17N5O3S/c1-19-3-2-8(11)10(18)12-4-7-5-15(14-13-7)6-9(16)17/h5,8H,2-4,6,11H2,1H3,(H,12,18)(H,16,17)/t8-/m1/s1. The highest BCUT2D eigenvalue weighted by Gasteiger charge is 2.13. The third kappa shape index (κ3) is 5.71. The predicted octanol–water partition coefficient (Wildman–Crippen LogP) is -0.941. The fraction of sp³-hybridized carbons (Fsp3) is 0.600. The fourth-order valence-electron chi connectivity index (χ4n) is 1.32. The molecule has 0 saturated carbocycles. The van der Waals surface area contributed by atoms with Crippen LogP contribution in [0.3, 0.4) is 0 Å². The molecule has 0 aliphatic rings. The van der Waals surface area contributed by atoms with Gasteiger partial charge in [0.2, 0.25) is 5.91 Å². The van der Waals surface area contributed by atoms with Gasteiger partial charge in [0.15, 0.2) is 0 Å². The molecule has 0 bridgehead atoms. The maximum absolute atomic E-state index is 11.6. The number of rotatable bonds is 8. The topological polar surface area (TPSA) is 123 Å². The van der Waals surface area contributed by atoms with Crippen LogP contribution in [0.4, 0.5) is 0 Å². The summed E-state index contributed by atoms with van der Waals surface area (Å²) in [5, 5.41) is 18.6. The number of aromatic nitrogens is 3. The van der Waals surface area contributed by atoms with Crippen molar-refractivity contribution < 1.29 is 14.7 Å². The minimum Gasteiger partial charge on any atom is -0.480 e. The number of hydrogen-bond donors (Lipinski definition) is 3. The molecule has 1 amide bonds. The van der Waals surface area contributed by atoms with E-state index in [4.69, 9.17) is 10.8 Å². The Hall–Kier alpha value is -1.61. The fourth-order valence-corrected chi connectivity index (χ4v) is 1.81. The number of carboxylic acids is 1. The quantitative estimate of drug-likeness (QED) is 0.563. The van der Waals surface area contributed by atoms with Gasteiger partial charge < -0.3 is 16.2 Å². The molecule has 0 spiro atoms. The molecule has 0 saturated heterocycles. The van der Waals surface area contributed by atoms with Gasteiger partial charge in [-0.05, 0) is 18.4 Å². The van der Waals surface area contributed by atoms with Crippen LogP contribution in [0.2, 0.25) is 0 Å². The molecule has 0 radical (unpaired) electrons. The molecule has 1 heterocycles. The summed E-state index contributed by atoms with van der Waals surface area (Å²) < 4.78 is 1.19. The summed E-state index contributed by atoms with van der Waals surface area (Å²) >= 11 is 1.63. The van der Waals surface area contributed by atoms with E-state index in [2.05, 4.69) is 15.6 Å². The second kappa shape index (κ2) is 7.74. The van der Waals surface area contributed by atoms with Crippen molar-refractivity contribution in [1.29, 1.82) is 0 Å². The Morgan fingerprint density at radius 1 is 1.63 bits per heavy atom.